The highest BCUT2D eigenvalue weighted by atomic mass is 35.5. The van der Waals surface area contributed by atoms with Crippen LogP contribution in [0.15, 0.2) is 48.1 Å². The maximum atomic E-state index is 4.64. The van der Waals surface area contributed by atoms with Gasteiger partial charge in [0, 0.05) is 44.2 Å². The van der Waals surface area contributed by atoms with Crippen molar-refractivity contribution < 1.29 is 4.98 Å². The van der Waals surface area contributed by atoms with E-state index in [2.05, 4.69) is 38.4 Å². The lowest BCUT2D eigenvalue weighted by molar-refractivity contribution is -0.383. The van der Waals surface area contributed by atoms with Crippen LogP contribution in [0.4, 0.5) is 11.6 Å². The Kier molecular flexibility index (Phi) is 6.74. The number of aryl methyl sites for hydroxylation is 1. The van der Waals surface area contributed by atoms with Crippen molar-refractivity contribution in [1.82, 2.24) is 9.97 Å². The molecule has 3 heterocycles. The SMILES string of the molecule is CCl.Cc1[nH+]c(C#Cc2ccc(N(C)c3ccccn3)nc2)cs1. The molecule has 0 aromatic carbocycles. The van der Waals surface area contributed by atoms with Crippen LogP contribution in [-0.2, 0) is 0 Å². The second kappa shape index (κ2) is 9.02. The first-order valence-electron chi connectivity index (χ1n) is 7.20. The van der Waals surface area contributed by atoms with Gasteiger partial charge in [-0.1, -0.05) is 23.3 Å². The number of pyridine rings is 2. The van der Waals surface area contributed by atoms with Gasteiger partial charge < -0.3 is 4.90 Å². The molecule has 0 spiro atoms. The lowest BCUT2D eigenvalue weighted by Crippen LogP contribution is -2.12. The summed E-state index contributed by atoms with van der Waals surface area (Å²) >= 11 is 6.30. The highest BCUT2D eigenvalue weighted by molar-refractivity contribution is 7.09. The van der Waals surface area contributed by atoms with Gasteiger partial charge in [0.2, 0.25) is 5.01 Å². The van der Waals surface area contributed by atoms with E-state index < -0.39 is 0 Å². The summed E-state index contributed by atoms with van der Waals surface area (Å²) in [5.41, 5.74) is 1.81. The quantitative estimate of drug-likeness (QED) is 0.519. The van der Waals surface area contributed by atoms with Crippen LogP contribution in [0.3, 0.4) is 0 Å². The fraction of sp³-hybridized carbons (Fsp3) is 0.167. The van der Waals surface area contributed by atoms with Gasteiger partial charge in [0.25, 0.3) is 5.69 Å². The summed E-state index contributed by atoms with van der Waals surface area (Å²) in [5, 5.41) is 3.16. The van der Waals surface area contributed by atoms with Crippen LogP contribution in [0.5, 0.6) is 0 Å². The van der Waals surface area contributed by atoms with Crippen LogP contribution < -0.4 is 9.88 Å². The van der Waals surface area contributed by atoms with Gasteiger partial charge in [-0.25, -0.2) is 9.97 Å². The Labute approximate surface area is 151 Å². The molecule has 0 saturated heterocycles. The number of hydrogen-bond acceptors (Lipinski definition) is 4. The summed E-state index contributed by atoms with van der Waals surface area (Å²) < 4.78 is 0. The van der Waals surface area contributed by atoms with Gasteiger partial charge in [-0.15, -0.1) is 11.6 Å². The molecule has 6 heteroatoms. The number of nitrogens with one attached hydrogen (secondary N) is 1. The Hall–Kier alpha value is -2.42. The number of thiazole rings is 1. The van der Waals surface area contributed by atoms with E-state index in [0.717, 1.165) is 27.9 Å². The molecule has 0 aliphatic carbocycles. The number of halogens is 1. The predicted molar refractivity (Wildman–Crippen MR) is 99.9 cm³/mol. The fourth-order valence-corrected chi connectivity index (χ4v) is 2.51. The molecule has 4 nitrogen and oxygen atoms in total. The van der Waals surface area contributed by atoms with Gasteiger partial charge >= 0.3 is 0 Å². The average Bonchev–Trinajstić information content (AvgIpc) is 3.07. The smallest absolute Gasteiger partial charge is 0.266 e. The number of alkyl halides is 1. The standard InChI is InChI=1S/C17H14N4S.CH3Cl/c1-13-20-15(12-22-13)8-6-14-7-9-17(19-11-14)21(2)16-5-3-4-10-18-16;1-2/h3-5,7,9-12H,1-2H3;1H3/p+1. The molecule has 0 atom stereocenters. The molecule has 0 aliphatic heterocycles. The first kappa shape index (κ1) is 17.9. The van der Waals surface area contributed by atoms with E-state index in [9.17, 15) is 0 Å². The lowest BCUT2D eigenvalue weighted by atomic mass is 10.2. The van der Waals surface area contributed by atoms with Gasteiger partial charge in [0.1, 0.15) is 11.6 Å². The number of H-pyrrole nitrogens is 1. The van der Waals surface area contributed by atoms with Gasteiger partial charge in [-0.05, 0) is 24.3 Å². The molecule has 0 amide bonds. The third kappa shape index (κ3) is 4.79. The van der Waals surface area contributed by atoms with E-state index in [1.54, 1.807) is 23.7 Å². The van der Waals surface area contributed by atoms with Crippen molar-refractivity contribution in [2.24, 2.45) is 0 Å². The molecule has 24 heavy (non-hydrogen) atoms. The van der Waals surface area contributed by atoms with Gasteiger partial charge in [0.05, 0.1) is 5.38 Å². The molecule has 122 valence electrons. The topological polar surface area (TPSA) is 43.2 Å². The molecular formula is C18H18ClN4S+. The molecule has 0 bridgehead atoms. The van der Waals surface area contributed by atoms with E-state index in [4.69, 9.17) is 0 Å². The number of anilines is 2. The van der Waals surface area contributed by atoms with Crippen LogP contribution in [0.2, 0.25) is 0 Å². The molecule has 3 rings (SSSR count). The lowest BCUT2D eigenvalue weighted by Gasteiger charge is -2.16. The van der Waals surface area contributed by atoms with Gasteiger partial charge in [0.15, 0.2) is 0 Å². The normalized spacial score (nSPS) is 9.33. The third-order valence-corrected chi connectivity index (χ3v) is 3.90. The number of rotatable bonds is 2. The molecule has 0 unspecified atom stereocenters. The summed E-state index contributed by atoms with van der Waals surface area (Å²) in [7, 11) is 1.94. The van der Waals surface area contributed by atoms with Crippen molar-refractivity contribution >= 4 is 34.6 Å². The molecule has 0 fully saturated rings. The highest BCUT2D eigenvalue weighted by Gasteiger charge is 2.05. The van der Waals surface area contributed by atoms with Crippen molar-refractivity contribution in [3.63, 3.8) is 0 Å². The summed E-state index contributed by atoms with van der Waals surface area (Å²) in [6.07, 6.45) is 5.02. The second-order valence-electron chi connectivity index (χ2n) is 4.73. The average molecular weight is 358 g/mol. The zero-order valence-corrected chi connectivity index (χ0v) is 15.3. The molecule has 1 N–H and O–H groups in total. The zero-order valence-electron chi connectivity index (χ0n) is 13.7. The van der Waals surface area contributed by atoms with Crippen molar-refractivity contribution in [3.8, 4) is 11.8 Å². The van der Waals surface area contributed by atoms with Crippen LogP contribution >= 0.6 is 22.9 Å². The first-order valence-corrected chi connectivity index (χ1v) is 8.84. The predicted octanol–water partition coefficient (Wildman–Crippen LogP) is 3.68. The van der Waals surface area contributed by atoms with E-state index in [0.29, 0.717) is 0 Å². The van der Waals surface area contributed by atoms with E-state index in [-0.39, 0.29) is 0 Å². The van der Waals surface area contributed by atoms with Crippen LogP contribution in [0.25, 0.3) is 0 Å². The summed E-state index contributed by atoms with van der Waals surface area (Å²) in [6, 6.07) is 9.71. The molecule has 3 aromatic heterocycles. The monoisotopic (exact) mass is 357 g/mol. The summed E-state index contributed by atoms with van der Waals surface area (Å²) in [5.74, 6) is 7.90. The maximum absolute atomic E-state index is 4.64. The minimum atomic E-state index is 0.835. The molecule has 3 aromatic rings. The molecule has 0 saturated carbocycles. The summed E-state index contributed by atoms with van der Waals surface area (Å²) in [4.78, 5) is 13.9. The van der Waals surface area contributed by atoms with Crippen molar-refractivity contribution in [2.45, 2.75) is 6.92 Å². The van der Waals surface area contributed by atoms with Crippen LogP contribution in [-0.4, -0.2) is 23.4 Å². The van der Waals surface area contributed by atoms with Gasteiger partial charge in [-0.2, -0.15) is 4.98 Å². The molecule has 0 aliphatic rings. The van der Waals surface area contributed by atoms with E-state index in [1.807, 2.05) is 54.6 Å². The molecular weight excluding hydrogens is 340 g/mol. The Balaban J connectivity index is 0.00000100. The van der Waals surface area contributed by atoms with Crippen molar-refractivity contribution in [1.29, 1.82) is 0 Å². The fourth-order valence-electron chi connectivity index (χ4n) is 1.92. The Morgan fingerprint density at radius 3 is 2.46 bits per heavy atom. The second-order valence-corrected chi connectivity index (χ2v) is 5.82. The third-order valence-electron chi connectivity index (χ3n) is 3.09. The van der Waals surface area contributed by atoms with E-state index >= 15 is 0 Å². The number of aromatic amines is 1. The largest absolute Gasteiger partial charge is 0.314 e. The minimum absolute atomic E-state index is 0.835. The number of hydrogen-bond donors (Lipinski definition) is 0. The van der Waals surface area contributed by atoms with Crippen molar-refractivity contribution in [3.05, 3.63) is 64.4 Å². The zero-order chi connectivity index (χ0) is 17.4. The van der Waals surface area contributed by atoms with Crippen molar-refractivity contribution in [2.75, 3.05) is 18.3 Å². The highest BCUT2D eigenvalue weighted by Crippen LogP contribution is 2.18. The molecule has 0 radical (unpaired) electrons. The van der Waals surface area contributed by atoms with Crippen LogP contribution in [0.1, 0.15) is 16.3 Å². The Bertz CT molecular complexity index is 819. The Morgan fingerprint density at radius 2 is 1.88 bits per heavy atom. The number of nitrogens with zero attached hydrogens (tertiary/aromatic N) is 3. The first-order chi connectivity index (χ1) is 11.7. The van der Waals surface area contributed by atoms with E-state index in [1.165, 1.54) is 6.38 Å². The maximum Gasteiger partial charge on any atom is 0.266 e. The Morgan fingerprint density at radius 1 is 1.08 bits per heavy atom. The van der Waals surface area contributed by atoms with Gasteiger partial charge in [-0.3, -0.25) is 0 Å². The van der Waals surface area contributed by atoms with Crippen LogP contribution in [0, 0.1) is 18.8 Å². The summed E-state index contributed by atoms with van der Waals surface area (Å²) in [6.45, 7) is 2.03. The minimum Gasteiger partial charge on any atom is -0.314 e. The number of aromatic nitrogens is 3.